The molecular formula is C26H48N10O8. The zero-order valence-electron chi connectivity index (χ0n) is 25.0. The molecule has 2 aliphatic carbocycles. The molecule has 18 heteroatoms. The number of nitrogens with zero attached hydrogens (tertiary/aromatic N) is 2. The van der Waals surface area contributed by atoms with Gasteiger partial charge >= 0.3 is 0 Å². The smallest absolute Gasteiger partial charge is 0.252 e. The number of carbonyl (C=O) groups is 1. The first-order valence-corrected chi connectivity index (χ1v) is 14.6. The summed E-state index contributed by atoms with van der Waals surface area (Å²) in [6.45, 7) is 1.40. The van der Waals surface area contributed by atoms with Crippen molar-refractivity contribution in [3.8, 4) is 0 Å². The average molecular weight is 629 g/mol. The van der Waals surface area contributed by atoms with Crippen LogP contribution in [0.3, 0.4) is 0 Å². The van der Waals surface area contributed by atoms with Crippen molar-refractivity contribution >= 4 is 17.8 Å². The number of ether oxygens (including phenoxy) is 3. The first kappa shape index (κ1) is 34.1. The molecule has 11 atom stereocenters. The minimum absolute atomic E-state index is 0.0140. The molecule has 3 fully saturated rings. The van der Waals surface area contributed by atoms with Gasteiger partial charge in [-0.3, -0.25) is 9.79 Å². The predicted octanol–water partition coefficient (Wildman–Crippen LogP) is -5.94. The number of nitrogens with two attached hydrogens (primary N) is 6. The van der Waals surface area contributed by atoms with Crippen molar-refractivity contribution in [3.63, 3.8) is 0 Å². The summed E-state index contributed by atoms with van der Waals surface area (Å²) in [7, 11) is 1.57. The molecule has 2 heterocycles. The van der Waals surface area contributed by atoms with Crippen molar-refractivity contribution < 1.29 is 39.4 Å². The third-order valence-corrected chi connectivity index (χ3v) is 8.95. The molecule has 0 spiro atoms. The Bertz CT molecular complexity index is 1120. The van der Waals surface area contributed by atoms with Crippen molar-refractivity contribution in [2.24, 2.45) is 50.3 Å². The number of rotatable bonds is 9. The number of aliphatic hydroxyl groups is 4. The van der Waals surface area contributed by atoms with Crippen LogP contribution in [0.15, 0.2) is 21.8 Å². The number of guanidine groups is 2. The van der Waals surface area contributed by atoms with Gasteiger partial charge in [0.25, 0.3) is 5.91 Å². The fourth-order valence-electron chi connectivity index (χ4n) is 6.75. The number of hydrogen-bond acceptors (Lipinski definition) is 13. The third-order valence-electron chi connectivity index (χ3n) is 8.95. The van der Waals surface area contributed by atoms with E-state index in [-0.39, 0.29) is 44.3 Å². The number of hydrogen-bond donors (Lipinski definition) is 12. The van der Waals surface area contributed by atoms with Gasteiger partial charge in [-0.05, 0) is 32.9 Å². The van der Waals surface area contributed by atoms with Crippen LogP contribution in [0.5, 0.6) is 0 Å². The molecule has 0 aromatic rings. The molecule has 2 aliphatic heterocycles. The zero-order chi connectivity index (χ0) is 32.6. The zero-order valence-corrected chi connectivity index (χ0v) is 25.0. The molecule has 4 rings (SSSR count). The molecule has 0 radical (unpaired) electrons. The van der Waals surface area contributed by atoms with Crippen LogP contribution in [0, 0.1) is 5.92 Å². The number of aliphatic hydroxyl groups excluding tert-OH is 2. The highest BCUT2D eigenvalue weighted by molar-refractivity contribution is 5.87. The van der Waals surface area contributed by atoms with Gasteiger partial charge in [0.1, 0.15) is 35.3 Å². The lowest BCUT2D eigenvalue weighted by Crippen LogP contribution is -2.70. The van der Waals surface area contributed by atoms with Crippen LogP contribution in [0.25, 0.3) is 0 Å². The van der Waals surface area contributed by atoms with E-state index in [9.17, 15) is 25.2 Å². The van der Waals surface area contributed by atoms with Crippen molar-refractivity contribution in [2.45, 2.75) is 105 Å². The molecule has 18 nitrogen and oxygen atoms in total. The molecule has 1 saturated heterocycles. The summed E-state index contributed by atoms with van der Waals surface area (Å²) in [4.78, 5) is 21.6. The highest BCUT2D eigenvalue weighted by Crippen LogP contribution is 2.39. The lowest BCUT2D eigenvalue weighted by atomic mass is 9.71. The standard InChI is InChI=1S/C26H48N10O8/c1-25(40)9-42-21(17(38)20(25)33-2)44-19-14(35-22(39)26(41)6-10(7-26)34-23(29)30)5-12(28)15(16(19)37)18-13(36-24(31)32)4-3-11(8-27)43-18/h3,10,12-21,33,37-38,40-41H,4-9,27-28H2,1-2H3,(H,35,39)(H4,29,30,34)(H4,31,32,36)/t10?,12-,13+,14+,15?,16-,17+,18-,19-,20+,21+,25-,26?/m0/s1. The highest BCUT2D eigenvalue weighted by Gasteiger charge is 2.55. The Kier molecular flexibility index (Phi) is 10.3. The SMILES string of the molecule is CN[C@@H]1[C@@H](O)[C@@H](O[C@H]2[C@H](NC(=O)C3(O)CC(N=C(N)N)C3)C[C@H](N)C([C@H]3OC(CN)=CC[C@H]3N=C(N)N)[C@@H]2O)OC[C@]1(C)O. The number of aliphatic imine (C=N–C) groups is 2. The maximum absolute atomic E-state index is 13.3. The molecular weight excluding hydrogens is 580 g/mol. The minimum atomic E-state index is -1.76. The summed E-state index contributed by atoms with van der Waals surface area (Å²) in [5.41, 5.74) is 31.5. The van der Waals surface area contributed by atoms with E-state index in [1.165, 1.54) is 6.92 Å². The summed E-state index contributed by atoms with van der Waals surface area (Å²) in [5.74, 6) is -1.42. The van der Waals surface area contributed by atoms with E-state index in [4.69, 9.17) is 48.6 Å². The molecule has 0 bridgehead atoms. The van der Waals surface area contributed by atoms with Gasteiger partial charge in [-0.25, -0.2) is 4.99 Å². The van der Waals surface area contributed by atoms with Crippen LogP contribution in [0.4, 0.5) is 0 Å². The Morgan fingerprint density at radius 3 is 2.39 bits per heavy atom. The van der Waals surface area contributed by atoms with E-state index in [1.54, 1.807) is 13.1 Å². The summed E-state index contributed by atoms with van der Waals surface area (Å²) >= 11 is 0. The fraction of sp³-hybridized carbons (Fsp3) is 0.808. The lowest BCUT2D eigenvalue weighted by Gasteiger charge is -2.51. The Morgan fingerprint density at radius 2 is 1.80 bits per heavy atom. The predicted molar refractivity (Wildman–Crippen MR) is 158 cm³/mol. The lowest BCUT2D eigenvalue weighted by molar-refractivity contribution is -0.297. The second-order valence-corrected chi connectivity index (χ2v) is 12.4. The molecule has 250 valence electrons. The Hall–Kier alpha value is -2.81. The maximum atomic E-state index is 13.3. The van der Waals surface area contributed by atoms with Gasteiger partial charge in [0.2, 0.25) is 0 Å². The number of likely N-dealkylation sites (N-methyl/N-ethyl adjacent to an activating group) is 1. The molecule has 0 aromatic heterocycles. The first-order chi connectivity index (χ1) is 20.6. The molecule has 18 N–H and O–H groups in total. The Morgan fingerprint density at radius 1 is 1.14 bits per heavy atom. The minimum Gasteiger partial charge on any atom is -0.491 e. The number of amides is 1. The van der Waals surface area contributed by atoms with Crippen LogP contribution in [-0.2, 0) is 19.0 Å². The van der Waals surface area contributed by atoms with Crippen LogP contribution in [-0.4, -0.2) is 131 Å². The third kappa shape index (κ3) is 7.03. The topological polar surface area (TPSA) is 331 Å². The van der Waals surface area contributed by atoms with Gasteiger partial charge in [0.05, 0.1) is 43.4 Å². The number of carbonyl (C=O) groups excluding carboxylic acids is 1. The summed E-state index contributed by atoms with van der Waals surface area (Å²) < 4.78 is 18.0. The van der Waals surface area contributed by atoms with E-state index in [0.717, 1.165) is 0 Å². The molecule has 4 aliphatic rings. The second-order valence-electron chi connectivity index (χ2n) is 12.4. The van der Waals surface area contributed by atoms with Crippen molar-refractivity contribution in [2.75, 3.05) is 20.2 Å². The van der Waals surface area contributed by atoms with Gasteiger partial charge in [-0.2, -0.15) is 0 Å². The molecule has 1 amide bonds. The highest BCUT2D eigenvalue weighted by atomic mass is 16.7. The monoisotopic (exact) mass is 628 g/mol. The van der Waals surface area contributed by atoms with Crippen LogP contribution >= 0.6 is 0 Å². The Balaban J connectivity index is 1.62. The molecule has 44 heavy (non-hydrogen) atoms. The summed E-state index contributed by atoms with van der Waals surface area (Å²) in [5, 5.41) is 50.3. The average Bonchev–Trinajstić information content (AvgIpc) is 2.91. The largest absolute Gasteiger partial charge is 0.491 e. The van der Waals surface area contributed by atoms with Gasteiger partial charge in [-0.1, -0.05) is 0 Å². The van der Waals surface area contributed by atoms with Crippen molar-refractivity contribution in [1.82, 2.24) is 10.6 Å². The molecule has 0 aromatic carbocycles. The summed E-state index contributed by atoms with van der Waals surface area (Å²) in [6.07, 6.45) is -3.99. The first-order valence-electron chi connectivity index (χ1n) is 14.6. The van der Waals surface area contributed by atoms with Crippen LogP contribution in [0.1, 0.15) is 32.6 Å². The Labute approximate surface area is 255 Å². The number of nitrogens with one attached hydrogen (secondary N) is 2. The quantitative estimate of drug-likeness (QED) is 0.0835. The molecule has 2 saturated carbocycles. The van der Waals surface area contributed by atoms with E-state index in [0.29, 0.717) is 12.2 Å². The van der Waals surface area contributed by atoms with Crippen molar-refractivity contribution in [1.29, 1.82) is 0 Å². The molecule has 1 unspecified atom stereocenters. The van der Waals surface area contributed by atoms with E-state index >= 15 is 0 Å². The van der Waals surface area contributed by atoms with Gasteiger partial charge in [0.15, 0.2) is 18.2 Å². The maximum Gasteiger partial charge on any atom is 0.252 e. The second kappa shape index (κ2) is 13.3. The van der Waals surface area contributed by atoms with Crippen LogP contribution in [0.2, 0.25) is 0 Å². The van der Waals surface area contributed by atoms with Crippen molar-refractivity contribution in [3.05, 3.63) is 11.8 Å². The van der Waals surface area contributed by atoms with Gasteiger partial charge < -0.3 is 79.7 Å². The van der Waals surface area contributed by atoms with E-state index in [2.05, 4.69) is 20.6 Å². The van der Waals surface area contributed by atoms with Gasteiger partial charge in [-0.15, -0.1) is 0 Å². The van der Waals surface area contributed by atoms with Crippen LogP contribution < -0.4 is 45.0 Å². The fourth-order valence-corrected chi connectivity index (χ4v) is 6.75. The van der Waals surface area contributed by atoms with E-state index in [1.807, 2.05) is 0 Å². The van der Waals surface area contributed by atoms with E-state index < -0.39 is 83.9 Å². The summed E-state index contributed by atoms with van der Waals surface area (Å²) in [6, 6.07) is -3.61. The normalized spacial score (nSPS) is 43.9. The van der Waals surface area contributed by atoms with Gasteiger partial charge in [0, 0.05) is 24.8 Å².